The third-order valence-corrected chi connectivity index (χ3v) is 3.76. The van der Waals surface area contributed by atoms with Crippen molar-refractivity contribution in [2.75, 3.05) is 0 Å². The van der Waals surface area contributed by atoms with Crippen molar-refractivity contribution in [1.82, 2.24) is 20.3 Å². The molecule has 3 rings (SSSR count). The molecular weight excluding hydrogens is 314 g/mol. The normalized spacial score (nSPS) is 11.0. The number of amides is 2. The van der Waals surface area contributed by atoms with Crippen LogP contribution in [0.2, 0.25) is 0 Å². The van der Waals surface area contributed by atoms with Crippen LogP contribution in [-0.2, 0) is 0 Å². The number of aromatic hydroxyl groups is 1. The lowest BCUT2D eigenvalue weighted by Gasteiger charge is -2.03. The number of phenols is 1. The van der Waals surface area contributed by atoms with Crippen LogP contribution in [0.25, 0.3) is 10.9 Å². The lowest BCUT2D eigenvalue weighted by molar-refractivity contribution is 0.247. The first-order chi connectivity index (χ1) is 11.2. The molecule has 0 aliphatic rings. The van der Waals surface area contributed by atoms with E-state index in [9.17, 15) is 9.90 Å². The van der Waals surface area contributed by atoms with Gasteiger partial charge in [-0.15, -0.1) is 0 Å². The second-order valence-corrected chi connectivity index (χ2v) is 5.46. The molecule has 116 valence electrons. The summed E-state index contributed by atoms with van der Waals surface area (Å²) in [5.74, 6) is 0.0979. The molecule has 0 fully saturated rings. The number of H-pyrrole nitrogens is 1. The zero-order valence-corrected chi connectivity index (χ0v) is 12.7. The summed E-state index contributed by atoms with van der Waals surface area (Å²) in [4.78, 5) is 12.5. The third-order valence-electron chi connectivity index (χ3n) is 2.98. The maximum absolute atomic E-state index is 11.7. The van der Waals surface area contributed by atoms with Gasteiger partial charge in [0, 0.05) is 15.8 Å². The van der Waals surface area contributed by atoms with E-state index >= 15 is 0 Å². The quantitative estimate of drug-likeness (QED) is 0.336. The first-order valence-electron chi connectivity index (χ1n) is 6.69. The number of para-hydroxylation sites is 1. The van der Waals surface area contributed by atoms with E-state index in [0.717, 1.165) is 27.7 Å². The molecule has 2 amide bonds. The van der Waals surface area contributed by atoms with E-state index < -0.39 is 6.03 Å². The second kappa shape index (κ2) is 6.84. The average Bonchev–Trinajstić information content (AvgIpc) is 3.02. The first kappa shape index (κ1) is 14.9. The Morgan fingerprint density at radius 3 is 3.04 bits per heavy atom. The number of carbonyl (C=O) groups is 1. The molecule has 0 saturated heterocycles. The molecule has 0 bridgehead atoms. The maximum atomic E-state index is 11.7. The molecule has 0 unspecified atom stereocenters. The number of hydrogen-bond acceptors (Lipinski definition) is 5. The van der Waals surface area contributed by atoms with E-state index in [-0.39, 0.29) is 5.75 Å². The molecule has 8 heteroatoms. The lowest BCUT2D eigenvalue weighted by Crippen LogP contribution is -2.27. The van der Waals surface area contributed by atoms with Crippen molar-refractivity contribution < 1.29 is 9.90 Å². The van der Waals surface area contributed by atoms with Crippen molar-refractivity contribution >= 4 is 35.1 Å². The van der Waals surface area contributed by atoms with Gasteiger partial charge in [0.15, 0.2) is 0 Å². The molecule has 1 aromatic heterocycles. The topological polar surface area (TPSA) is 102 Å². The highest BCUT2D eigenvalue weighted by Gasteiger charge is 2.02. The highest BCUT2D eigenvalue weighted by molar-refractivity contribution is 7.98. The van der Waals surface area contributed by atoms with Gasteiger partial charge in [-0.2, -0.15) is 10.2 Å². The number of benzene rings is 2. The Hall–Kier alpha value is -3.00. The second-order valence-electron chi connectivity index (χ2n) is 4.58. The number of nitrogens with one attached hydrogen (secondary N) is 3. The van der Waals surface area contributed by atoms with E-state index in [4.69, 9.17) is 0 Å². The largest absolute Gasteiger partial charge is 0.507 e. The number of hydrazone groups is 1. The Kier molecular flexibility index (Phi) is 4.44. The van der Waals surface area contributed by atoms with E-state index in [2.05, 4.69) is 25.4 Å². The molecule has 0 spiro atoms. The minimum atomic E-state index is -0.466. The molecule has 0 aliphatic heterocycles. The summed E-state index contributed by atoms with van der Waals surface area (Å²) in [7, 11) is 0. The molecule has 4 N–H and O–H groups in total. The van der Waals surface area contributed by atoms with Gasteiger partial charge in [-0.3, -0.25) is 9.82 Å². The van der Waals surface area contributed by atoms with Gasteiger partial charge < -0.3 is 5.11 Å². The van der Waals surface area contributed by atoms with Crippen LogP contribution in [0.3, 0.4) is 0 Å². The van der Waals surface area contributed by atoms with Crippen LogP contribution < -0.4 is 10.1 Å². The highest BCUT2D eigenvalue weighted by Crippen LogP contribution is 2.19. The van der Waals surface area contributed by atoms with Crippen LogP contribution in [-0.4, -0.2) is 27.5 Å². The van der Waals surface area contributed by atoms with Crippen LogP contribution in [0.1, 0.15) is 5.56 Å². The van der Waals surface area contributed by atoms with Crippen LogP contribution in [0.15, 0.2) is 58.7 Å². The Morgan fingerprint density at radius 2 is 2.17 bits per heavy atom. The van der Waals surface area contributed by atoms with Crippen LogP contribution >= 0.6 is 11.9 Å². The summed E-state index contributed by atoms with van der Waals surface area (Å²) in [6.45, 7) is 0. The smallest absolute Gasteiger partial charge is 0.345 e. The molecule has 3 aromatic rings. The summed E-state index contributed by atoms with van der Waals surface area (Å²) in [5.41, 5.74) is 3.74. The third kappa shape index (κ3) is 3.80. The molecule has 23 heavy (non-hydrogen) atoms. The van der Waals surface area contributed by atoms with Gasteiger partial charge in [-0.1, -0.05) is 18.2 Å². The SMILES string of the molecule is O=C(N/N=C/c1ccccc1O)NSc1ccc2cn[nH]c2c1. The fourth-order valence-corrected chi connectivity index (χ4v) is 2.43. The zero-order valence-electron chi connectivity index (χ0n) is 11.9. The van der Waals surface area contributed by atoms with E-state index in [1.807, 2.05) is 18.2 Å². The monoisotopic (exact) mass is 327 g/mol. The number of hydrogen-bond donors (Lipinski definition) is 4. The van der Waals surface area contributed by atoms with Crippen LogP contribution in [0, 0.1) is 0 Å². The lowest BCUT2D eigenvalue weighted by atomic mass is 10.2. The molecule has 0 atom stereocenters. The van der Waals surface area contributed by atoms with Gasteiger partial charge in [-0.05, 0) is 36.2 Å². The predicted molar refractivity (Wildman–Crippen MR) is 89.3 cm³/mol. The molecule has 2 aromatic carbocycles. The Bertz CT molecular complexity index is 862. The van der Waals surface area contributed by atoms with Crippen molar-refractivity contribution in [3.63, 3.8) is 0 Å². The van der Waals surface area contributed by atoms with Crippen LogP contribution in [0.4, 0.5) is 4.79 Å². The number of aromatic nitrogens is 2. The highest BCUT2D eigenvalue weighted by atomic mass is 32.2. The molecule has 1 heterocycles. The standard InChI is InChI=1S/C15H13N5O2S/c21-14-4-2-1-3-11(14)9-17-19-15(22)20-23-12-6-5-10-8-16-18-13(10)7-12/h1-9,21H,(H,16,18)(H2,19,20,22)/b17-9+. The number of fused-ring (bicyclic) bond motifs is 1. The molecule has 0 aliphatic carbocycles. The van der Waals surface area contributed by atoms with Gasteiger partial charge in [-0.25, -0.2) is 10.2 Å². The number of aromatic amines is 1. The van der Waals surface area contributed by atoms with Crippen molar-refractivity contribution in [3.05, 3.63) is 54.2 Å². The van der Waals surface area contributed by atoms with Crippen molar-refractivity contribution in [3.8, 4) is 5.75 Å². The van der Waals surface area contributed by atoms with Crippen molar-refractivity contribution in [1.29, 1.82) is 0 Å². The molecule has 0 radical (unpaired) electrons. The minimum Gasteiger partial charge on any atom is -0.507 e. The number of urea groups is 1. The summed E-state index contributed by atoms with van der Waals surface area (Å²) < 4.78 is 2.61. The number of nitrogens with zero attached hydrogens (tertiary/aromatic N) is 2. The Morgan fingerprint density at radius 1 is 1.30 bits per heavy atom. The molecule has 7 nitrogen and oxygen atoms in total. The fourth-order valence-electron chi connectivity index (χ4n) is 1.86. The summed E-state index contributed by atoms with van der Waals surface area (Å²) in [6.07, 6.45) is 3.11. The Labute approximate surface area is 135 Å². The minimum absolute atomic E-state index is 0.0979. The van der Waals surface area contributed by atoms with Gasteiger partial charge in [0.2, 0.25) is 0 Å². The van der Waals surface area contributed by atoms with Gasteiger partial charge in [0.25, 0.3) is 0 Å². The van der Waals surface area contributed by atoms with E-state index in [1.165, 1.54) is 6.21 Å². The molecule has 0 saturated carbocycles. The van der Waals surface area contributed by atoms with Gasteiger partial charge in [0.1, 0.15) is 5.75 Å². The predicted octanol–water partition coefficient (Wildman–Crippen LogP) is 2.61. The van der Waals surface area contributed by atoms with Crippen molar-refractivity contribution in [2.45, 2.75) is 4.90 Å². The van der Waals surface area contributed by atoms with Gasteiger partial charge in [0.05, 0.1) is 17.9 Å². The van der Waals surface area contributed by atoms with Crippen LogP contribution in [0.5, 0.6) is 5.75 Å². The maximum Gasteiger partial charge on any atom is 0.345 e. The average molecular weight is 327 g/mol. The number of rotatable bonds is 4. The fraction of sp³-hybridized carbons (Fsp3) is 0. The number of phenolic OH excluding ortho intramolecular Hbond substituents is 1. The van der Waals surface area contributed by atoms with Crippen molar-refractivity contribution in [2.24, 2.45) is 5.10 Å². The molecular formula is C15H13N5O2S. The first-order valence-corrected chi connectivity index (χ1v) is 7.51. The van der Waals surface area contributed by atoms with E-state index in [1.54, 1.807) is 30.5 Å². The Balaban J connectivity index is 1.52. The van der Waals surface area contributed by atoms with Gasteiger partial charge >= 0.3 is 6.03 Å². The summed E-state index contributed by atoms with van der Waals surface area (Å²) in [5, 5.41) is 21.2. The van der Waals surface area contributed by atoms with E-state index in [0.29, 0.717) is 5.56 Å². The summed E-state index contributed by atoms with van der Waals surface area (Å²) in [6, 6.07) is 11.9. The summed E-state index contributed by atoms with van der Waals surface area (Å²) >= 11 is 1.16. The zero-order chi connectivity index (χ0) is 16.1. The number of carbonyl (C=O) groups excluding carboxylic acids is 1.